The molecule has 2 saturated heterocycles. The molecule has 0 aliphatic carbocycles. The van der Waals surface area contributed by atoms with E-state index < -0.39 is 10.2 Å². The van der Waals surface area contributed by atoms with Gasteiger partial charge in [0.15, 0.2) is 0 Å². The Kier molecular flexibility index (Phi) is 5.80. The minimum Gasteiger partial charge on any atom is -0.373 e. The van der Waals surface area contributed by atoms with E-state index in [0.717, 1.165) is 19.6 Å². The molecule has 2 aliphatic rings. The summed E-state index contributed by atoms with van der Waals surface area (Å²) in [6, 6.07) is 8.50. The van der Waals surface area contributed by atoms with Gasteiger partial charge in [0.2, 0.25) is 0 Å². The van der Waals surface area contributed by atoms with Crippen molar-refractivity contribution in [1.82, 2.24) is 13.5 Å². The van der Waals surface area contributed by atoms with Gasteiger partial charge >= 0.3 is 0 Å². The number of hydrogen-bond donors (Lipinski definition) is 0. The second kappa shape index (κ2) is 7.72. The number of rotatable bonds is 4. The summed E-state index contributed by atoms with van der Waals surface area (Å²) in [5.41, 5.74) is 2.54. The van der Waals surface area contributed by atoms with Gasteiger partial charge in [-0.1, -0.05) is 29.8 Å². The van der Waals surface area contributed by atoms with Crippen LogP contribution >= 0.6 is 0 Å². The first kappa shape index (κ1) is 18.8. The van der Waals surface area contributed by atoms with Gasteiger partial charge < -0.3 is 4.74 Å². The van der Waals surface area contributed by atoms with Crippen molar-refractivity contribution in [3.8, 4) is 0 Å². The second-order valence-electron chi connectivity index (χ2n) is 7.25. The van der Waals surface area contributed by atoms with Gasteiger partial charge in [0.25, 0.3) is 10.2 Å². The minimum absolute atomic E-state index is 0.0545. The highest BCUT2D eigenvalue weighted by Crippen LogP contribution is 2.19. The molecule has 2 fully saturated rings. The van der Waals surface area contributed by atoms with Crippen LogP contribution in [0.5, 0.6) is 0 Å². The summed E-state index contributed by atoms with van der Waals surface area (Å²) in [4.78, 5) is 2.32. The molecule has 0 spiro atoms. The Labute approximate surface area is 151 Å². The summed E-state index contributed by atoms with van der Waals surface area (Å²) < 4.78 is 34.7. The van der Waals surface area contributed by atoms with E-state index in [4.69, 9.17) is 4.74 Å². The van der Waals surface area contributed by atoms with E-state index >= 15 is 0 Å². The van der Waals surface area contributed by atoms with Crippen LogP contribution < -0.4 is 0 Å². The SMILES string of the molecule is Cc1cccc(CN2CCN(S(=O)(=O)N3CC(C)OC(C)C3)CC2)c1. The average molecular weight is 368 g/mol. The standard InChI is InChI=1S/C18H29N3O3S/c1-15-5-4-6-18(11-15)14-19-7-9-20(10-8-19)25(22,23)21-12-16(2)24-17(3)13-21/h4-6,11,16-17H,7-10,12-14H2,1-3H3. The molecule has 140 valence electrons. The van der Waals surface area contributed by atoms with Crippen molar-refractivity contribution >= 4 is 10.2 Å². The van der Waals surface area contributed by atoms with Crippen LogP contribution in [0.15, 0.2) is 24.3 Å². The summed E-state index contributed by atoms with van der Waals surface area (Å²) in [5, 5.41) is 0. The predicted octanol–water partition coefficient (Wildman–Crippen LogP) is 1.47. The van der Waals surface area contributed by atoms with Crippen LogP contribution in [0.1, 0.15) is 25.0 Å². The van der Waals surface area contributed by atoms with E-state index in [-0.39, 0.29) is 12.2 Å². The Morgan fingerprint density at radius 1 is 1.04 bits per heavy atom. The quantitative estimate of drug-likeness (QED) is 0.809. The Hall–Kier alpha value is -0.990. The van der Waals surface area contributed by atoms with E-state index in [1.807, 2.05) is 13.8 Å². The zero-order chi connectivity index (χ0) is 18.0. The number of benzene rings is 1. The van der Waals surface area contributed by atoms with Gasteiger partial charge in [0.05, 0.1) is 12.2 Å². The second-order valence-corrected chi connectivity index (χ2v) is 9.17. The lowest BCUT2D eigenvalue weighted by Crippen LogP contribution is -2.57. The molecule has 25 heavy (non-hydrogen) atoms. The van der Waals surface area contributed by atoms with Crippen molar-refractivity contribution in [3.05, 3.63) is 35.4 Å². The third kappa shape index (κ3) is 4.60. The Balaban J connectivity index is 1.57. The third-order valence-electron chi connectivity index (χ3n) is 4.86. The monoisotopic (exact) mass is 367 g/mol. The van der Waals surface area contributed by atoms with Crippen LogP contribution in [0, 0.1) is 6.92 Å². The molecule has 0 aromatic heterocycles. The number of morpholine rings is 1. The number of piperazine rings is 1. The lowest BCUT2D eigenvalue weighted by molar-refractivity contribution is -0.0457. The Morgan fingerprint density at radius 3 is 2.28 bits per heavy atom. The smallest absolute Gasteiger partial charge is 0.282 e. The molecule has 2 aliphatic heterocycles. The van der Waals surface area contributed by atoms with Gasteiger partial charge in [-0.25, -0.2) is 0 Å². The highest BCUT2D eigenvalue weighted by Gasteiger charge is 2.36. The topological polar surface area (TPSA) is 53.1 Å². The molecule has 1 aromatic carbocycles. The Morgan fingerprint density at radius 2 is 1.68 bits per heavy atom. The lowest BCUT2D eigenvalue weighted by atomic mass is 10.1. The molecule has 2 atom stereocenters. The molecule has 0 amide bonds. The fourth-order valence-electron chi connectivity index (χ4n) is 3.67. The van der Waals surface area contributed by atoms with Crippen LogP contribution in [0.4, 0.5) is 0 Å². The van der Waals surface area contributed by atoms with E-state index in [1.54, 1.807) is 8.61 Å². The van der Waals surface area contributed by atoms with Crippen molar-refractivity contribution in [1.29, 1.82) is 0 Å². The normalized spacial score (nSPS) is 27.5. The zero-order valence-corrected chi connectivity index (χ0v) is 16.2. The average Bonchev–Trinajstić information content (AvgIpc) is 2.54. The number of nitrogens with zero attached hydrogens (tertiary/aromatic N) is 3. The van der Waals surface area contributed by atoms with Crippen LogP contribution in [0.25, 0.3) is 0 Å². The molecule has 0 bridgehead atoms. The fourth-order valence-corrected chi connectivity index (χ4v) is 5.42. The van der Waals surface area contributed by atoms with Crippen molar-refractivity contribution in [2.75, 3.05) is 39.3 Å². The largest absolute Gasteiger partial charge is 0.373 e. The van der Waals surface area contributed by atoms with Crippen LogP contribution in [-0.2, 0) is 21.5 Å². The lowest BCUT2D eigenvalue weighted by Gasteiger charge is -2.40. The van der Waals surface area contributed by atoms with Crippen molar-refractivity contribution in [2.24, 2.45) is 0 Å². The van der Waals surface area contributed by atoms with E-state index in [9.17, 15) is 8.42 Å². The maximum absolute atomic E-state index is 12.9. The maximum atomic E-state index is 12.9. The fraction of sp³-hybridized carbons (Fsp3) is 0.667. The molecule has 1 aromatic rings. The first-order valence-electron chi connectivity index (χ1n) is 9.03. The molecule has 6 nitrogen and oxygen atoms in total. The van der Waals surface area contributed by atoms with Crippen molar-refractivity contribution in [3.63, 3.8) is 0 Å². The maximum Gasteiger partial charge on any atom is 0.282 e. The summed E-state index contributed by atoms with van der Waals surface area (Å²) >= 11 is 0. The van der Waals surface area contributed by atoms with Gasteiger partial charge in [-0.3, -0.25) is 4.90 Å². The number of ether oxygens (including phenoxy) is 1. The number of aryl methyl sites for hydroxylation is 1. The predicted molar refractivity (Wildman–Crippen MR) is 98.5 cm³/mol. The van der Waals surface area contributed by atoms with E-state index in [0.29, 0.717) is 26.2 Å². The minimum atomic E-state index is -3.39. The van der Waals surface area contributed by atoms with Crippen LogP contribution in [0.3, 0.4) is 0 Å². The van der Waals surface area contributed by atoms with E-state index in [1.165, 1.54) is 11.1 Å². The summed E-state index contributed by atoms with van der Waals surface area (Å²) in [6.07, 6.45) is -0.109. The van der Waals surface area contributed by atoms with Gasteiger partial charge in [0.1, 0.15) is 0 Å². The van der Waals surface area contributed by atoms with Crippen molar-refractivity contribution < 1.29 is 13.2 Å². The van der Waals surface area contributed by atoms with Gasteiger partial charge in [-0.05, 0) is 26.3 Å². The zero-order valence-electron chi connectivity index (χ0n) is 15.4. The van der Waals surface area contributed by atoms with Crippen molar-refractivity contribution in [2.45, 2.75) is 39.5 Å². The summed E-state index contributed by atoms with van der Waals surface area (Å²) in [7, 11) is -3.39. The summed E-state index contributed by atoms with van der Waals surface area (Å²) in [5.74, 6) is 0. The van der Waals surface area contributed by atoms with Crippen LogP contribution in [0.2, 0.25) is 0 Å². The van der Waals surface area contributed by atoms with Crippen LogP contribution in [-0.4, -0.2) is 73.4 Å². The highest BCUT2D eigenvalue weighted by atomic mass is 32.2. The van der Waals surface area contributed by atoms with Gasteiger partial charge in [-0.15, -0.1) is 0 Å². The molecule has 3 rings (SSSR count). The van der Waals surface area contributed by atoms with Gasteiger partial charge in [0, 0.05) is 45.8 Å². The van der Waals surface area contributed by atoms with E-state index in [2.05, 4.69) is 36.1 Å². The number of hydrogen-bond acceptors (Lipinski definition) is 4. The molecule has 0 N–H and O–H groups in total. The highest BCUT2D eigenvalue weighted by molar-refractivity contribution is 7.86. The molecule has 0 radical (unpaired) electrons. The molecular formula is C18H29N3O3S. The molecule has 0 saturated carbocycles. The molecule has 2 unspecified atom stereocenters. The first-order chi connectivity index (χ1) is 11.8. The summed E-state index contributed by atoms with van der Waals surface area (Å²) in [6.45, 7) is 10.3. The third-order valence-corrected chi connectivity index (χ3v) is 6.83. The molecule has 7 heteroatoms. The molecular weight excluding hydrogens is 338 g/mol. The molecule has 2 heterocycles. The first-order valence-corrected chi connectivity index (χ1v) is 10.4. The Bertz CT molecular complexity index is 677. The van der Waals surface area contributed by atoms with Gasteiger partial charge in [-0.2, -0.15) is 17.0 Å².